The minimum Gasteiger partial charge on any atom is -0.313 e. The maximum absolute atomic E-state index is 13.3. The number of carbonyl (C=O) groups excluding carboxylic acids is 3. The van der Waals surface area contributed by atoms with Crippen LogP contribution in [0.25, 0.3) is 0 Å². The van der Waals surface area contributed by atoms with E-state index in [1.165, 1.54) is 11.3 Å². The third-order valence-electron chi connectivity index (χ3n) is 5.29. The average Bonchev–Trinajstić information content (AvgIpc) is 3.37. The number of hydrogen-bond donors (Lipinski definition) is 1. The second-order valence-electron chi connectivity index (χ2n) is 7.05. The van der Waals surface area contributed by atoms with E-state index < -0.39 is 6.17 Å². The van der Waals surface area contributed by atoms with Crippen LogP contribution in [0.15, 0.2) is 54.0 Å². The van der Waals surface area contributed by atoms with Crippen LogP contribution in [0, 0.1) is 0 Å². The lowest BCUT2D eigenvalue weighted by atomic mass is 10.0. The molecule has 150 valence electrons. The average molecular weight is 419 g/mol. The Morgan fingerprint density at radius 2 is 1.80 bits per heavy atom. The Labute approximate surface area is 176 Å². The summed E-state index contributed by atoms with van der Waals surface area (Å²) < 4.78 is 0. The Bertz CT molecular complexity index is 1150. The van der Waals surface area contributed by atoms with Crippen molar-refractivity contribution in [3.05, 3.63) is 70.7 Å². The summed E-state index contributed by atoms with van der Waals surface area (Å²) in [5, 5.41) is 10.6. The van der Waals surface area contributed by atoms with Gasteiger partial charge < -0.3 is 10.2 Å². The fourth-order valence-electron chi connectivity index (χ4n) is 4.02. The predicted octanol–water partition coefficient (Wildman–Crippen LogP) is 3.07. The highest BCUT2D eigenvalue weighted by Crippen LogP contribution is 2.45. The Morgan fingerprint density at radius 3 is 2.60 bits per heavy atom. The lowest BCUT2D eigenvalue weighted by Crippen LogP contribution is -2.48. The molecule has 2 aliphatic rings. The van der Waals surface area contributed by atoms with Gasteiger partial charge in [-0.05, 0) is 24.6 Å². The molecule has 3 amide bonds. The monoisotopic (exact) mass is 419 g/mol. The number of benzene rings is 2. The fourth-order valence-corrected chi connectivity index (χ4v) is 4.48. The van der Waals surface area contributed by atoms with Gasteiger partial charge in [-0.2, -0.15) is 0 Å². The maximum Gasteiger partial charge on any atom is 0.260 e. The van der Waals surface area contributed by atoms with Gasteiger partial charge in [-0.25, -0.2) is 0 Å². The van der Waals surface area contributed by atoms with Gasteiger partial charge in [0.05, 0.1) is 11.3 Å². The lowest BCUT2D eigenvalue weighted by molar-refractivity contribution is -0.116. The van der Waals surface area contributed by atoms with Gasteiger partial charge in [0, 0.05) is 24.1 Å². The molecule has 0 fully saturated rings. The minimum absolute atomic E-state index is 0.116. The molecule has 0 saturated heterocycles. The topological polar surface area (TPSA) is 95.5 Å². The number of hydrogen-bond acceptors (Lipinski definition) is 6. The molecule has 3 heterocycles. The van der Waals surface area contributed by atoms with E-state index in [2.05, 4.69) is 15.5 Å². The molecule has 9 heteroatoms. The first-order valence-corrected chi connectivity index (χ1v) is 10.4. The molecule has 1 atom stereocenters. The van der Waals surface area contributed by atoms with E-state index in [9.17, 15) is 14.4 Å². The van der Waals surface area contributed by atoms with Crippen LogP contribution in [0.3, 0.4) is 0 Å². The van der Waals surface area contributed by atoms with Crippen molar-refractivity contribution in [1.82, 2.24) is 15.1 Å². The third kappa shape index (κ3) is 2.94. The van der Waals surface area contributed by atoms with Gasteiger partial charge in [-0.3, -0.25) is 19.3 Å². The van der Waals surface area contributed by atoms with E-state index in [-0.39, 0.29) is 24.1 Å². The highest BCUT2D eigenvalue weighted by atomic mass is 32.1. The second kappa shape index (κ2) is 7.34. The first-order chi connectivity index (χ1) is 14.6. The van der Waals surface area contributed by atoms with Crippen molar-refractivity contribution in [3.8, 4) is 0 Å². The molecule has 1 aromatic heterocycles. The summed E-state index contributed by atoms with van der Waals surface area (Å²) in [6.45, 7) is 0.347. The standard InChI is InChI=1S/C21H17N5O3S/c27-17(23-21-24-22-12-30-21)10-5-11-25-18-13-6-1-2-7-14(13)20(29)26(18)16-9-4-3-8-15(16)19(25)28/h1-4,6-9,12,18H,5,10-11H2,(H,23,24,27)/t18-/m1/s1. The SMILES string of the molecule is O=C(CCCN1C(=O)c2ccccc2N2C(=O)c3ccccc3[C@H]12)Nc1nncs1. The number of aromatic nitrogens is 2. The molecule has 0 aliphatic carbocycles. The van der Waals surface area contributed by atoms with Gasteiger partial charge in [-0.1, -0.05) is 41.7 Å². The van der Waals surface area contributed by atoms with Gasteiger partial charge in [-0.15, -0.1) is 10.2 Å². The molecule has 0 bridgehead atoms. The van der Waals surface area contributed by atoms with Crippen LogP contribution < -0.4 is 10.2 Å². The lowest BCUT2D eigenvalue weighted by Gasteiger charge is -2.41. The third-order valence-corrected chi connectivity index (χ3v) is 5.90. The predicted molar refractivity (Wildman–Crippen MR) is 111 cm³/mol. The van der Waals surface area contributed by atoms with Gasteiger partial charge in [0.2, 0.25) is 11.0 Å². The molecule has 0 spiro atoms. The molecule has 0 unspecified atom stereocenters. The first kappa shape index (κ1) is 18.4. The summed E-state index contributed by atoms with van der Waals surface area (Å²) in [7, 11) is 0. The van der Waals surface area contributed by atoms with E-state index in [1.807, 2.05) is 24.3 Å². The Hall–Kier alpha value is -3.59. The summed E-state index contributed by atoms with van der Waals surface area (Å²) in [6.07, 6.45) is 0.189. The molecule has 0 saturated carbocycles. The smallest absolute Gasteiger partial charge is 0.260 e. The highest BCUT2D eigenvalue weighted by Gasteiger charge is 2.47. The van der Waals surface area contributed by atoms with Gasteiger partial charge >= 0.3 is 0 Å². The maximum atomic E-state index is 13.3. The molecule has 2 aromatic carbocycles. The molecule has 0 radical (unpaired) electrons. The minimum atomic E-state index is -0.498. The number of amides is 3. The Balaban J connectivity index is 1.41. The molecular weight excluding hydrogens is 402 g/mol. The van der Waals surface area contributed by atoms with E-state index >= 15 is 0 Å². The normalized spacial score (nSPS) is 16.9. The number of anilines is 2. The number of fused-ring (bicyclic) bond motifs is 5. The van der Waals surface area contributed by atoms with Gasteiger partial charge in [0.25, 0.3) is 11.8 Å². The molecular formula is C21H17N5O3S. The number of rotatable bonds is 5. The molecule has 8 nitrogen and oxygen atoms in total. The zero-order valence-corrected chi connectivity index (χ0v) is 16.6. The van der Waals surface area contributed by atoms with Crippen molar-refractivity contribution in [1.29, 1.82) is 0 Å². The number of nitrogens with one attached hydrogen (secondary N) is 1. The van der Waals surface area contributed by atoms with Crippen molar-refractivity contribution in [2.24, 2.45) is 0 Å². The van der Waals surface area contributed by atoms with Gasteiger partial charge in [0.15, 0.2) is 0 Å². The van der Waals surface area contributed by atoms with Crippen LogP contribution in [-0.4, -0.2) is 39.4 Å². The van der Waals surface area contributed by atoms with Crippen LogP contribution in [0.4, 0.5) is 10.8 Å². The van der Waals surface area contributed by atoms with Crippen molar-refractivity contribution >= 4 is 39.9 Å². The van der Waals surface area contributed by atoms with Crippen LogP contribution in [0.1, 0.15) is 45.3 Å². The summed E-state index contributed by atoms with van der Waals surface area (Å²) in [4.78, 5) is 41.9. The Kier molecular flexibility index (Phi) is 4.51. The van der Waals surface area contributed by atoms with Crippen LogP contribution in [-0.2, 0) is 4.79 Å². The highest BCUT2D eigenvalue weighted by molar-refractivity contribution is 7.13. The Morgan fingerprint density at radius 1 is 1.03 bits per heavy atom. The summed E-state index contributed by atoms with van der Waals surface area (Å²) in [5.74, 6) is -0.438. The van der Waals surface area contributed by atoms with Crippen molar-refractivity contribution in [2.75, 3.05) is 16.8 Å². The van der Waals surface area contributed by atoms with Crippen LogP contribution in [0.5, 0.6) is 0 Å². The van der Waals surface area contributed by atoms with E-state index in [0.29, 0.717) is 34.9 Å². The van der Waals surface area contributed by atoms with Crippen molar-refractivity contribution in [3.63, 3.8) is 0 Å². The zero-order chi connectivity index (χ0) is 20.7. The number of carbonyl (C=O) groups is 3. The fraction of sp³-hybridized carbons (Fsp3) is 0.190. The quantitative estimate of drug-likeness (QED) is 0.686. The van der Waals surface area contributed by atoms with Crippen molar-refractivity contribution < 1.29 is 14.4 Å². The van der Waals surface area contributed by atoms with E-state index in [0.717, 1.165) is 5.56 Å². The second-order valence-corrected chi connectivity index (χ2v) is 7.88. The largest absolute Gasteiger partial charge is 0.313 e. The van der Waals surface area contributed by atoms with Crippen molar-refractivity contribution in [2.45, 2.75) is 19.0 Å². The molecule has 2 aliphatic heterocycles. The summed E-state index contributed by atoms with van der Waals surface area (Å²) in [6, 6.07) is 14.5. The molecule has 3 aromatic rings. The van der Waals surface area contributed by atoms with Crippen LogP contribution in [0.2, 0.25) is 0 Å². The first-order valence-electron chi connectivity index (χ1n) is 9.53. The zero-order valence-electron chi connectivity index (χ0n) is 15.8. The number of para-hydroxylation sites is 1. The molecule has 30 heavy (non-hydrogen) atoms. The van der Waals surface area contributed by atoms with Crippen LogP contribution >= 0.6 is 11.3 Å². The summed E-state index contributed by atoms with van der Waals surface area (Å²) >= 11 is 1.25. The molecule has 5 rings (SSSR count). The summed E-state index contributed by atoms with van der Waals surface area (Å²) in [5.41, 5.74) is 4.07. The van der Waals surface area contributed by atoms with E-state index in [1.54, 1.807) is 39.6 Å². The van der Waals surface area contributed by atoms with Gasteiger partial charge in [0.1, 0.15) is 11.7 Å². The molecule has 1 N–H and O–H groups in total. The van der Waals surface area contributed by atoms with E-state index in [4.69, 9.17) is 0 Å². The number of nitrogens with zero attached hydrogens (tertiary/aromatic N) is 4.